The van der Waals surface area contributed by atoms with E-state index in [1.807, 2.05) is 13.8 Å². The molecule has 0 amide bonds. The van der Waals surface area contributed by atoms with Crippen LogP contribution in [0.15, 0.2) is 0 Å². The highest BCUT2D eigenvalue weighted by atomic mass is 16.5. The van der Waals surface area contributed by atoms with E-state index in [9.17, 15) is 9.59 Å². The van der Waals surface area contributed by atoms with E-state index in [-0.39, 0.29) is 24.0 Å². The Morgan fingerprint density at radius 3 is 2.25 bits per heavy atom. The number of hydrogen-bond donors (Lipinski definition) is 0. The summed E-state index contributed by atoms with van der Waals surface area (Å²) >= 11 is 0. The van der Waals surface area contributed by atoms with Gasteiger partial charge in [-0.2, -0.15) is 0 Å². The summed E-state index contributed by atoms with van der Waals surface area (Å²) in [4.78, 5) is 22.9. The summed E-state index contributed by atoms with van der Waals surface area (Å²) in [5.74, 6) is -0.148. The molecular formula is C16H30O4. The third-order valence-electron chi connectivity index (χ3n) is 3.27. The van der Waals surface area contributed by atoms with Gasteiger partial charge in [-0.25, -0.2) is 0 Å². The summed E-state index contributed by atoms with van der Waals surface area (Å²) < 4.78 is 9.84. The average Bonchev–Trinajstić information content (AvgIpc) is 2.39. The molecule has 0 fully saturated rings. The van der Waals surface area contributed by atoms with Crippen molar-refractivity contribution in [2.45, 2.75) is 78.2 Å². The fourth-order valence-corrected chi connectivity index (χ4v) is 2.17. The van der Waals surface area contributed by atoms with Crippen LogP contribution >= 0.6 is 0 Å². The zero-order chi connectivity index (χ0) is 15.4. The molecule has 0 aromatic carbocycles. The van der Waals surface area contributed by atoms with Gasteiger partial charge in [-0.1, -0.05) is 32.6 Å². The topological polar surface area (TPSA) is 52.6 Å². The van der Waals surface area contributed by atoms with E-state index < -0.39 is 0 Å². The second-order valence-electron chi connectivity index (χ2n) is 5.57. The monoisotopic (exact) mass is 286 g/mol. The van der Waals surface area contributed by atoms with Crippen molar-refractivity contribution in [2.75, 3.05) is 7.11 Å². The van der Waals surface area contributed by atoms with E-state index >= 15 is 0 Å². The third kappa shape index (κ3) is 10.8. The number of esters is 2. The normalized spacial score (nSPS) is 12.2. The minimum absolute atomic E-state index is 0.0777. The Kier molecular flexibility index (Phi) is 11.1. The van der Waals surface area contributed by atoms with Crippen molar-refractivity contribution in [1.29, 1.82) is 0 Å². The summed E-state index contributed by atoms with van der Waals surface area (Å²) in [5, 5.41) is 0. The maximum absolute atomic E-state index is 11.6. The van der Waals surface area contributed by atoms with Crippen molar-refractivity contribution in [2.24, 2.45) is 5.92 Å². The molecule has 4 nitrogen and oxygen atoms in total. The second kappa shape index (κ2) is 11.7. The molecule has 0 saturated carbocycles. The largest absolute Gasteiger partial charge is 0.469 e. The van der Waals surface area contributed by atoms with Crippen LogP contribution in [-0.2, 0) is 19.1 Å². The summed E-state index contributed by atoms with van der Waals surface area (Å²) in [6.07, 6.45) is 7.09. The summed E-state index contributed by atoms with van der Waals surface area (Å²) in [7, 11) is 1.41. The molecule has 1 atom stereocenters. The van der Waals surface area contributed by atoms with E-state index in [0.717, 1.165) is 12.8 Å². The van der Waals surface area contributed by atoms with Gasteiger partial charge < -0.3 is 9.47 Å². The molecule has 0 saturated heterocycles. The van der Waals surface area contributed by atoms with E-state index in [1.165, 1.54) is 26.4 Å². The van der Waals surface area contributed by atoms with Gasteiger partial charge >= 0.3 is 11.9 Å². The Labute approximate surface area is 123 Å². The Morgan fingerprint density at radius 1 is 1.00 bits per heavy atom. The highest BCUT2D eigenvalue weighted by molar-refractivity contribution is 5.70. The lowest BCUT2D eigenvalue weighted by molar-refractivity contribution is -0.148. The molecule has 20 heavy (non-hydrogen) atoms. The maximum Gasteiger partial charge on any atom is 0.306 e. The number of carbonyl (C=O) groups is 2. The predicted molar refractivity (Wildman–Crippen MR) is 79.3 cm³/mol. The first kappa shape index (κ1) is 18.9. The molecule has 0 aromatic heterocycles. The maximum atomic E-state index is 11.6. The fraction of sp³-hybridized carbons (Fsp3) is 0.875. The molecule has 0 rings (SSSR count). The molecule has 0 bridgehead atoms. The van der Waals surface area contributed by atoms with Gasteiger partial charge in [0.05, 0.1) is 13.2 Å². The summed E-state index contributed by atoms with van der Waals surface area (Å²) in [5.41, 5.74) is 0. The number of hydrogen-bond acceptors (Lipinski definition) is 4. The predicted octanol–water partition coefficient (Wildman–Crippen LogP) is 3.87. The average molecular weight is 286 g/mol. The first-order valence-corrected chi connectivity index (χ1v) is 7.75. The van der Waals surface area contributed by atoms with Crippen molar-refractivity contribution in [3.63, 3.8) is 0 Å². The van der Waals surface area contributed by atoms with Crippen LogP contribution in [0.4, 0.5) is 0 Å². The number of carbonyl (C=O) groups excluding carboxylic acids is 2. The van der Waals surface area contributed by atoms with Crippen molar-refractivity contribution in [3.05, 3.63) is 0 Å². The van der Waals surface area contributed by atoms with E-state index in [2.05, 4.69) is 6.92 Å². The highest BCUT2D eigenvalue weighted by Crippen LogP contribution is 2.21. The lowest BCUT2D eigenvalue weighted by Crippen LogP contribution is -2.15. The van der Waals surface area contributed by atoms with Gasteiger partial charge in [0.1, 0.15) is 0 Å². The Hall–Kier alpha value is -1.06. The van der Waals surface area contributed by atoms with Gasteiger partial charge in [-0.3, -0.25) is 9.59 Å². The quantitative estimate of drug-likeness (QED) is 0.427. The van der Waals surface area contributed by atoms with Crippen LogP contribution in [0.1, 0.15) is 72.1 Å². The van der Waals surface area contributed by atoms with Crippen LogP contribution < -0.4 is 0 Å². The van der Waals surface area contributed by atoms with Crippen LogP contribution in [0.2, 0.25) is 0 Å². The Morgan fingerprint density at radius 2 is 1.70 bits per heavy atom. The Balaban J connectivity index is 4.09. The standard InChI is InChI=1S/C16H30O4/c1-5-6-7-8-9-14(12-16(18)19-4)10-11-15(17)20-13(2)3/h13-14H,5-12H2,1-4H3. The number of ether oxygens (including phenoxy) is 2. The molecule has 0 aromatic rings. The minimum Gasteiger partial charge on any atom is -0.469 e. The van der Waals surface area contributed by atoms with E-state index in [0.29, 0.717) is 19.3 Å². The molecule has 1 unspecified atom stereocenters. The minimum atomic E-state index is -0.192. The summed E-state index contributed by atoms with van der Waals surface area (Å²) in [6.45, 7) is 5.86. The number of unbranched alkanes of at least 4 members (excludes halogenated alkanes) is 3. The molecule has 0 aliphatic heterocycles. The number of rotatable bonds is 11. The molecule has 0 radical (unpaired) electrons. The SMILES string of the molecule is CCCCCCC(CCC(=O)OC(C)C)CC(=O)OC. The van der Waals surface area contributed by atoms with Crippen LogP contribution in [-0.4, -0.2) is 25.2 Å². The van der Waals surface area contributed by atoms with Gasteiger partial charge in [0.2, 0.25) is 0 Å². The first-order valence-electron chi connectivity index (χ1n) is 7.75. The highest BCUT2D eigenvalue weighted by Gasteiger charge is 2.16. The number of methoxy groups -OCH3 is 1. The van der Waals surface area contributed by atoms with Crippen molar-refractivity contribution in [1.82, 2.24) is 0 Å². The van der Waals surface area contributed by atoms with Crippen LogP contribution in [0.3, 0.4) is 0 Å². The van der Waals surface area contributed by atoms with Crippen molar-refractivity contribution >= 4 is 11.9 Å². The first-order chi connectivity index (χ1) is 9.49. The van der Waals surface area contributed by atoms with Gasteiger partial charge in [0.15, 0.2) is 0 Å². The van der Waals surface area contributed by atoms with E-state index in [4.69, 9.17) is 9.47 Å². The van der Waals surface area contributed by atoms with Gasteiger partial charge in [0.25, 0.3) is 0 Å². The molecule has 0 heterocycles. The van der Waals surface area contributed by atoms with Gasteiger partial charge in [-0.05, 0) is 32.6 Å². The van der Waals surface area contributed by atoms with Gasteiger partial charge in [0, 0.05) is 12.8 Å². The zero-order valence-corrected chi connectivity index (χ0v) is 13.4. The van der Waals surface area contributed by atoms with Crippen LogP contribution in [0.25, 0.3) is 0 Å². The summed E-state index contributed by atoms with van der Waals surface area (Å²) in [6, 6.07) is 0. The molecule has 0 aliphatic rings. The molecule has 118 valence electrons. The van der Waals surface area contributed by atoms with Crippen LogP contribution in [0.5, 0.6) is 0 Å². The van der Waals surface area contributed by atoms with Gasteiger partial charge in [-0.15, -0.1) is 0 Å². The lowest BCUT2D eigenvalue weighted by atomic mass is 9.93. The molecule has 0 spiro atoms. The van der Waals surface area contributed by atoms with Crippen molar-refractivity contribution < 1.29 is 19.1 Å². The lowest BCUT2D eigenvalue weighted by Gasteiger charge is -2.16. The van der Waals surface area contributed by atoms with Crippen LogP contribution in [0, 0.1) is 5.92 Å². The fourth-order valence-electron chi connectivity index (χ4n) is 2.17. The third-order valence-corrected chi connectivity index (χ3v) is 3.27. The molecule has 0 N–H and O–H groups in total. The smallest absolute Gasteiger partial charge is 0.306 e. The molecular weight excluding hydrogens is 256 g/mol. The van der Waals surface area contributed by atoms with Crippen molar-refractivity contribution in [3.8, 4) is 0 Å². The Bertz CT molecular complexity index is 274. The molecule has 0 aliphatic carbocycles. The zero-order valence-electron chi connectivity index (χ0n) is 13.4. The second-order valence-corrected chi connectivity index (χ2v) is 5.57. The molecule has 4 heteroatoms. The van der Waals surface area contributed by atoms with E-state index in [1.54, 1.807) is 0 Å².